The number of hydrogen-bond donors (Lipinski definition) is 0. The van der Waals surface area contributed by atoms with Crippen LogP contribution in [0.3, 0.4) is 0 Å². The molecule has 0 aromatic carbocycles. The highest BCUT2D eigenvalue weighted by Crippen LogP contribution is 2.19. The molecule has 0 radical (unpaired) electrons. The summed E-state index contributed by atoms with van der Waals surface area (Å²) in [6.45, 7) is 11.8. The second-order valence-electron chi connectivity index (χ2n) is 6.51. The van der Waals surface area contributed by atoms with Gasteiger partial charge in [0.25, 0.3) is 0 Å². The first kappa shape index (κ1) is 14.8. The van der Waals surface area contributed by atoms with Crippen molar-refractivity contribution in [3.63, 3.8) is 0 Å². The number of carbonyl (C=O) groups is 1. The maximum Gasteiger partial charge on any atom is 0.236 e. The highest BCUT2D eigenvalue weighted by Gasteiger charge is 2.31. The van der Waals surface area contributed by atoms with Gasteiger partial charge in [-0.2, -0.15) is 0 Å². The molecule has 0 aliphatic carbocycles. The molecule has 0 saturated carbocycles. The third-order valence-electron chi connectivity index (χ3n) is 4.21. The Bertz CT molecular complexity index is 293. The second-order valence-corrected chi connectivity index (χ2v) is 6.51. The fraction of sp³-hybridized carbons (Fsp3) is 0.933. The summed E-state index contributed by atoms with van der Waals surface area (Å²) in [5.74, 6) is 1.68. The summed E-state index contributed by atoms with van der Waals surface area (Å²) in [5.41, 5.74) is 0. The van der Waals surface area contributed by atoms with Gasteiger partial charge < -0.3 is 9.64 Å². The highest BCUT2D eigenvalue weighted by molar-refractivity contribution is 5.79. The van der Waals surface area contributed by atoms with E-state index in [1.54, 1.807) is 0 Å². The summed E-state index contributed by atoms with van der Waals surface area (Å²) >= 11 is 0. The van der Waals surface area contributed by atoms with Crippen LogP contribution in [0, 0.1) is 11.8 Å². The van der Waals surface area contributed by atoms with Crippen molar-refractivity contribution in [2.45, 2.75) is 39.7 Å². The van der Waals surface area contributed by atoms with Crippen molar-refractivity contribution in [3.8, 4) is 0 Å². The van der Waals surface area contributed by atoms with Crippen molar-refractivity contribution in [1.29, 1.82) is 0 Å². The molecule has 0 aromatic heterocycles. The van der Waals surface area contributed by atoms with Crippen LogP contribution in [0.2, 0.25) is 0 Å². The number of ether oxygens (including phenoxy) is 1. The van der Waals surface area contributed by atoms with Gasteiger partial charge in [0.2, 0.25) is 5.91 Å². The zero-order valence-corrected chi connectivity index (χ0v) is 12.6. The van der Waals surface area contributed by atoms with Crippen LogP contribution in [0.4, 0.5) is 0 Å². The van der Waals surface area contributed by atoms with Crippen LogP contribution in [0.15, 0.2) is 0 Å². The topological polar surface area (TPSA) is 32.8 Å². The minimum Gasteiger partial charge on any atom is -0.378 e. The van der Waals surface area contributed by atoms with E-state index in [1.165, 1.54) is 12.8 Å². The van der Waals surface area contributed by atoms with Gasteiger partial charge in [0.1, 0.15) is 0 Å². The van der Waals surface area contributed by atoms with E-state index < -0.39 is 0 Å². The normalized spacial score (nSPS) is 22.8. The summed E-state index contributed by atoms with van der Waals surface area (Å²) < 4.78 is 5.59. The van der Waals surface area contributed by atoms with E-state index in [2.05, 4.69) is 25.7 Å². The minimum atomic E-state index is 0.292. The molecular weight excluding hydrogens is 240 g/mol. The highest BCUT2D eigenvalue weighted by atomic mass is 16.5. The van der Waals surface area contributed by atoms with Gasteiger partial charge in [-0.05, 0) is 45.7 Å². The molecule has 2 aliphatic rings. The average molecular weight is 268 g/mol. The zero-order chi connectivity index (χ0) is 13.8. The largest absolute Gasteiger partial charge is 0.378 e. The molecule has 0 N–H and O–H groups in total. The van der Waals surface area contributed by atoms with Gasteiger partial charge in [-0.25, -0.2) is 0 Å². The lowest BCUT2D eigenvalue weighted by Crippen LogP contribution is -2.55. The molecule has 2 saturated heterocycles. The Hall–Kier alpha value is -0.610. The first-order chi connectivity index (χ1) is 9.04. The lowest BCUT2D eigenvalue weighted by atomic mass is 9.98. The fourth-order valence-corrected chi connectivity index (χ4v) is 2.72. The van der Waals surface area contributed by atoms with Crippen molar-refractivity contribution in [2.75, 3.05) is 39.3 Å². The summed E-state index contributed by atoms with van der Waals surface area (Å²) in [5, 5.41) is 0. The molecule has 19 heavy (non-hydrogen) atoms. The summed E-state index contributed by atoms with van der Waals surface area (Å²) in [6.07, 6.45) is 2.76. The number of hydrogen-bond acceptors (Lipinski definition) is 3. The van der Waals surface area contributed by atoms with Gasteiger partial charge >= 0.3 is 0 Å². The van der Waals surface area contributed by atoms with Crippen LogP contribution >= 0.6 is 0 Å². The predicted molar refractivity (Wildman–Crippen MR) is 76.0 cm³/mol. The minimum absolute atomic E-state index is 0.292. The Morgan fingerprint density at radius 3 is 2.47 bits per heavy atom. The Kier molecular flexibility index (Phi) is 5.22. The van der Waals surface area contributed by atoms with Crippen LogP contribution < -0.4 is 0 Å². The standard InChI is InChI=1S/C15H28N2O2/c1-12(2)19-11-14-8-17(9-14)15(18)10-16-6-4-13(3)5-7-16/h12-14H,4-11H2,1-3H3. The molecule has 4 heteroatoms. The Labute approximate surface area is 117 Å². The van der Waals surface area contributed by atoms with E-state index in [9.17, 15) is 4.79 Å². The van der Waals surface area contributed by atoms with E-state index in [0.29, 0.717) is 24.5 Å². The van der Waals surface area contributed by atoms with Crippen LogP contribution in [-0.2, 0) is 9.53 Å². The monoisotopic (exact) mass is 268 g/mol. The van der Waals surface area contributed by atoms with Crippen LogP contribution in [0.25, 0.3) is 0 Å². The van der Waals surface area contributed by atoms with E-state index >= 15 is 0 Å². The molecule has 0 aromatic rings. The number of nitrogens with zero attached hydrogens (tertiary/aromatic N) is 2. The van der Waals surface area contributed by atoms with Gasteiger partial charge in [-0.3, -0.25) is 9.69 Å². The lowest BCUT2D eigenvalue weighted by molar-refractivity contribution is -0.141. The number of piperidine rings is 1. The quantitative estimate of drug-likeness (QED) is 0.759. The number of rotatable bonds is 5. The molecule has 4 nitrogen and oxygen atoms in total. The maximum atomic E-state index is 12.1. The summed E-state index contributed by atoms with van der Waals surface area (Å²) in [7, 11) is 0. The van der Waals surface area contributed by atoms with E-state index in [0.717, 1.165) is 38.7 Å². The van der Waals surface area contributed by atoms with Crippen LogP contribution in [0.1, 0.15) is 33.6 Å². The third-order valence-corrected chi connectivity index (χ3v) is 4.21. The zero-order valence-electron chi connectivity index (χ0n) is 12.6. The van der Waals surface area contributed by atoms with Crippen molar-refractivity contribution < 1.29 is 9.53 Å². The molecule has 2 rings (SSSR count). The Morgan fingerprint density at radius 2 is 1.89 bits per heavy atom. The fourth-order valence-electron chi connectivity index (χ4n) is 2.72. The second kappa shape index (κ2) is 6.71. The SMILES string of the molecule is CC1CCN(CC(=O)N2CC(COC(C)C)C2)CC1. The van der Waals surface area contributed by atoms with Crippen molar-refractivity contribution in [2.24, 2.45) is 11.8 Å². The maximum absolute atomic E-state index is 12.1. The predicted octanol–water partition coefficient (Wildman–Crippen LogP) is 1.60. The molecule has 0 unspecified atom stereocenters. The van der Waals surface area contributed by atoms with Gasteiger partial charge in [-0.15, -0.1) is 0 Å². The number of amides is 1. The van der Waals surface area contributed by atoms with Crippen molar-refractivity contribution in [1.82, 2.24) is 9.80 Å². The molecule has 110 valence electrons. The van der Waals surface area contributed by atoms with Gasteiger partial charge in [-0.1, -0.05) is 6.92 Å². The van der Waals surface area contributed by atoms with Gasteiger partial charge in [0.05, 0.1) is 19.3 Å². The first-order valence-corrected chi connectivity index (χ1v) is 7.66. The Morgan fingerprint density at radius 1 is 1.26 bits per heavy atom. The lowest BCUT2D eigenvalue weighted by Gasteiger charge is -2.41. The Balaban J connectivity index is 1.61. The molecule has 0 atom stereocenters. The van der Waals surface area contributed by atoms with E-state index in [1.807, 2.05) is 4.90 Å². The molecule has 0 bridgehead atoms. The molecular formula is C15H28N2O2. The van der Waals surface area contributed by atoms with E-state index in [4.69, 9.17) is 4.74 Å². The van der Waals surface area contributed by atoms with Crippen LogP contribution in [0.5, 0.6) is 0 Å². The smallest absolute Gasteiger partial charge is 0.236 e. The van der Waals surface area contributed by atoms with Gasteiger partial charge in [0, 0.05) is 19.0 Å². The van der Waals surface area contributed by atoms with Crippen molar-refractivity contribution >= 4 is 5.91 Å². The summed E-state index contributed by atoms with van der Waals surface area (Å²) in [4.78, 5) is 16.4. The molecule has 1 amide bonds. The number of likely N-dealkylation sites (tertiary alicyclic amines) is 2. The number of carbonyl (C=O) groups excluding carboxylic acids is 1. The van der Waals surface area contributed by atoms with Gasteiger partial charge in [0.15, 0.2) is 0 Å². The molecule has 2 aliphatic heterocycles. The molecule has 2 fully saturated rings. The van der Waals surface area contributed by atoms with E-state index in [-0.39, 0.29) is 0 Å². The first-order valence-electron chi connectivity index (χ1n) is 7.66. The molecule has 0 spiro atoms. The van der Waals surface area contributed by atoms with Crippen LogP contribution in [-0.4, -0.2) is 61.1 Å². The van der Waals surface area contributed by atoms with Crippen molar-refractivity contribution in [3.05, 3.63) is 0 Å². The summed E-state index contributed by atoms with van der Waals surface area (Å²) in [6, 6.07) is 0. The average Bonchev–Trinajstić information content (AvgIpc) is 2.29. The third kappa shape index (κ3) is 4.46. The molecule has 2 heterocycles.